The fourth-order valence-corrected chi connectivity index (χ4v) is 2.57. The number of rotatable bonds is 3. The molecule has 3 rings (SSSR count). The number of piperidine rings is 1. The largest absolute Gasteiger partial charge is 0.343 e. The summed E-state index contributed by atoms with van der Waals surface area (Å²) in [7, 11) is 1.94. The highest BCUT2D eigenvalue weighted by Gasteiger charge is 2.15. The number of guanidine groups is 1. The normalized spacial score (nSPS) is 15.2. The summed E-state index contributed by atoms with van der Waals surface area (Å²) in [6, 6.07) is 10.2. The monoisotopic (exact) mass is 426 g/mol. The van der Waals surface area contributed by atoms with Gasteiger partial charge in [0, 0.05) is 25.8 Å². The molecule has 1 aromatic heterocycles. The van der Waals surface area contributed by atoms with Crippen LogP contribution in [0.5, 0.6) is 0 Å². The maximum Gasteiger partial charge on any atom is 0.198 e. The Balaban J connectivity index is 0.00000192. The lowest BCUT2D eigenvalue weighted by Gasteiger charge is -2.30. The van der Waals surface area contributed by atoms with Gasteiger partial charge in [0.2, 0.25) is 0 Å². The summed E-state index contributed by atoms with van der Waals surface area (Å²) in [5.74, 6) is 1.79. The minimum atomic E-state index is 0. The molecule has 6 nitrogen and oxygen atoms in total. The van der Waals surface area contributed by atoms with Gasteiger partial charge in [-0.25, -0.2) is 4.99 Å². The van der Waals surface area contributed by atoms with Crippen LogP contribution in [0, 0.1) is 0 Å². The molecule has 1 aliphatic rings. The van der Waals surface area contributed by atoms with E-state index in [2.05, 4.69) is 32.5 Å². The van der Waals surface area contributed by atoms with Crippen LogP contribution in [0.1, 0.15) is 25.1 Å². The molecular formula is C16H23IN6. The SMILES string of the molecule is Cn1cnnc1CN=C(Nc1ccccc1)N1CCCCC1.I. The first-order chi connectivity index (χ1) is 10.8. The minimum absolute atomic E-state index is 0. The molecule has 23 heavy (non-hydrogen) atoms. The molecule has 1 saturated heterocycles. The van der Waals surface area contributed by atoms with Gasteiger partial charge < -0.3 is 14.8 Å². The van der Waals surface area contributed by atoms with Gasteiger partial charge in [0.15, 0.2) is 11.8 Å². The highest BCUT2D eigenvalue weighted by atomic mass is 127. The molecular weight excluding hydrogens is 403 g/mol. The van der Waals surface area contributed by atoms with Crippen molar-refractivity contribution in [1.82, 2.24) is 19.7 Å². The Morgan fingerprint density at radius 1 is 1.17 bits per heavy atom. The highest BCUT2D eigenvalue weighted by Crippen LogP contribution is 2.13. The van der Waals surface area contributed by atoms with Crippen LogP contribution < -0.4 is 5.32 Å². The van der Waals surface area contributed by atoms with Crippen molar-refractivity contribution in [3.63, 3.8) is 0 Å². The molecule has 1 aliphatic heterocycles. The number of benzene rings is 1. The predicted octanol–water partition coefficient (Wildman–Crippen LogP) is 2.89. The average Bonchev–Trinajstić information content (AvgIpc) is 2.98. The van der Waals surface area contributed by atoms with Gasteiger partial charge in [0.05, 0.1) is 0 Å². The molecule has 0 saturated carbocycles. The van der Waals surface area contributed by atoms with Crippen LogP contribution in [-0.4, -0.2) is 38.7 Å². The molecule has 1 fully saturated rings. The van der Waals surface area contributed by atoms with Crippen LogP contribution in [0.15, 0.2) is 41.7 Å². The molecule has 0 atom stereocenters. The van der Waals surface area contributed by atoms with E-state index >= 15 is 0 Å². The van der Waals surface area contributed by atoms with Gasteiger partial charge in [-0.2, -0.15) is 0 Å². The molecule has 2 heterocycles. The third-order valence-electron chi connectivity index (χ3n) is 3.86. The molecule has 0 radical (unpaired) electrons. The summed E-state index contributed by atoms with van der Waals surface area (Å²) < 4.78 is 1.90. The zero-order valence-electron chi connectivity index (χ0n) is 13.4. The van der Waals surface area contributed by atoms with E-state index in [1.54, 1.807) is 6.33 Å². The number of halogens is 1. The van der Waals surface area contributed by atoms with Crippen molar-refractivity contribution in [1.29, 1.82) is 0 Å². The fraction of sp³-hybridized carbons (Fsp3) is 0.438. The Kier molecular flexibility index (Phi) is 6.82. The second-order valence-electron chi connectivity index (χ2n) is 5.54. The molecule has 0 unspecified atom stereocenters. The summed E-state index contributed by atoms with van der Waals surface area (Å²) in [5, 5.41) is 11.5. The summed E-state index contributed by atoms with van der Waals surface area (Å²) in [6.45, 7) is 2.64. The first-order valence-corrected chi connectivity index (χ1v) is 7.77. The smallest absolute Gasteiger partial charge is 0.198 e. The third kappa shape index (κ3) is 4.92. The zero-order chi connectivity index (χ0) is 15.2. The van der Waals surface area contributed by atoms with E-state index in [1.165, 1.54) is 19.3 Å². The van der Waals surface area contributed by atoms with Crippen molar-refractivity contribution in [2.75, 3.05) is 18.4 Å². The predicted molar refractivity (Wildman–Crippen MR) is 103 cm³/mol. The Morgan fingerprint density at radius 2 is 1.91 bits per heavy atom. The maximum atomic E-state index is 4.75. The zero-order valence-corrected chi connectivity index (χ0v) is 15.7. The quantitative estimate of drug-likeness (QED) is 0.466. The molecule has 0 aliphatic carbocycles. The van der Waals surface area contributed by atoms with Crippen LogP contribution in [0.2, 0.25) is 0 Å². The number of nitrogens with zero attached hydrogens (tertiary/aromatic N) is 5. The van der Waals surface area contributed by atoms with Crippen LogP contribution >= 0.6 is 24.0 Å². The fourth-order valence-electron chi connectivity index (χ4n) is 2.57. The van der Waals surface area contributed by atoms with E-state index in [1.807, 2.05) is 29.8 Å². The molecule has 1 aromatic carbocycles. The lowest BCUT2D eigenvalue weighted by atomic mass is 10.1. The highest BCUT2D eigenvalue weighted by molar-refractivity contribution is 14.0. The topological polar surface area (TPSA) is 58.3 Å². The van der Waals surface area contributed by atoms with Crippen molar-refractivity contribution >= 4 is 35.6 Å². The minimum Gasteiger partial charge on any atom is -0.343 e. The molecule has 0 spiro atoms. The number of aryl methyl sites for hydroxylation is 1. The van der Waals surface area contributed by atoms with Gasteiger partial charge >= 0.3 is 0 Å². The molecule has 2 aromatic rings. The number of hydrogen-bond acceptors (Lipinski definition) is 3. The second-order valence-corrected chi connectivity index (χ2v) is 5.54. The van der Waals surface area contributed by atoms with Crippen LogP contribution in [0.4, 0.5) is 5.69 Å². The van der Waals surface area contributed by atoms with Gasteiger partial charge in [-0.15, -0.1) is 34.2 Å². The number of likely N-dealkylation sites (tertiary alicyclic amines) is 1. The molecule has 7 heteroatoms. The molecule has 124 valence electrons. The number of anilines is 1. The molecule has 1 N–H and O–H groups in total. The van der Waals surface area contributed by atoms with Gasteiger partial charge in [-0.1, -0.05) is 18.2 Å². The second kappa shape index (κ2) is 8.85. The van der Waals surface area contributed by atoms with Crippen molar-refractivity contribution in [2.45, 2.75) is 25.8 Å². The molecule has 0 amide bonds. The van der Waals surface area contributed by atoms with Gasteiger partial charge in [0.1, 0.15) is 12.9 Å². The summed E-state index contributed by atoms with van der Waals surface area (Å²) >= 11 is 0. The Morgan fingerprint density at radius 3 is 2.57 bits per heavy atom. The summed E-state index contributed by atoms with van der Waals surface area (Å²) in [6.07, 6.45) is 5.45. The van der Waals surface area contributed by atoms with E-state index < -0.39 is 0 Å². The number of aliphatic imine (C=N–C) groups is 1. The van der Waals surface area contributed by atoms with Crippen molar-refractivity contribution < 1.29 is 0 Å². The van der Waals surface area contributed by atoms with E-state index in [0.29, 0.717) is 6.54 Å². The van der Waals surface area contributed by atoms with Crippen molar-refractivity contribution in [3.8, 4) is 0 Å². The lowest BCUT2D eigenvalue weighted by Crippen LogP contribution is -2.40. The molecule has 0 bridgehead atoms. The van der Waals surface area contributed by atoms with Gasteiger partial charge in [-0.3, -0.25) is 0 Å². The van der Waals surface area contributed by atoms with E-state index in [0.717, 1.165) is 30.6 Å². The summed E-state index contributed by atoms with van der Waals surface area (Å²) in [5.41, 5.74) is 1.06. The first-order valence-electron chi connectivity index (χ1n) is 7.77. The first kappa shape index (κ1) is 17.7. The van der Waals surface area contributed by atoms with Crippen molar-refractivity contribution in [2.24, 2.45) is 12.0 Å². The Hall–Kier alpha value is -1.64. The van der Waals surface area contributed by atoms with Crippen LogP contribution in [-0.2, 0) is 13.6 Å². The van der Waals surface area contributed by atoms with E-state index in [4.69, 9.17) is 4.99 Å². The van der Waals surface area contributed by atoms with Gasteiger partial charge in [0.25, 0.3) is 0 Å². The number of para-hydroxylation sites is 1. The van der Waals surface area contributed by atoms with E-state index in [-0.39, 0.29) is 24.0 Å². The van der Waals surface area contributed by atoms with Gasteiger partial charge in [-0.05, 0) is 31.4 Å². The van der Waals surface area contributed by atoms with Crippen molar-refractivity contribution in [3.05, 3.63) is 42.5 Å². The average molecular weight is 426 g/mol. The number of nitrogens with one attached hydrogen (secondary N) is 1. The van der Waals surface area contributed by atoms with Crippen LogP contribution in [0.25, 0.3) is 0 Å². The third-order valence-corrected chi connectivity index (χ3v) is 3.86. The van der Waals surface area contributed by atoms with Crippen LogP contribution in [0.3, 0.4) is 0 Å². The number of aromatic nitrogens is 3. The summed E-state index contributed by atoms with van der Waals surface area (Å²) in [4.78, 5) is 7.08. The Labute approximate surface area is 154 Å². The number of hydrogen-bond donors (Lipinski definition) is 1. The van der Waals surface area contributed by atoms with E-state index in [9.17, 15) is 0 Å². The lowest BCUT2D eigenvalue weighted by molar-refractivity contribution is 0.340. The standard InChI is InChI=1S/C16H22N6.HI/c1-21-13-18-20-15(21)12-17-16(22-10-6-3-7-11-22)19-14-8-4-2-5-9-14;/h2,4-5,8-9,13H,3,6-7,10-12H2,1H3,(H,17,19);1H. The Bertz CT molecular complexity index is 619. The maximum absolute atomic E-state index is 4.75.